The number of fused-ring (bicyclic) bond motifs is 3. The van der Waals surface area contributed by atoms with Crippen molar-refractivity contribution in [3.8, 4) is 68.2 Å². The standard InChI is InChI=1S/C48H27N7/c1-50-38-21-17-33(18-22-38)37-20-26-45-42(28-37)41-27-36(32-15-13-31(30-49)14-16-32)19-25-44(41)55(45)39-23-24-40(43(29-39)51-2)48-53-46(34-9-5-3-6-10-34)52-47(54-48)35-11-7-4-8-12-35/h3-29H. The lowest BCUT2D eigenvalue weighted by Crippen LogP contribution is -2.01. The molecule has 0 spiro atoms. The molecule has 0 aliphatic heterocycles. The number of hydrogen-bond donors (Lipinski definition) is 0. The fraction of sp³-hybridized carbons (Fsp3) is 0. The average Bonchev–Trinajstić information content (AvgIpc) is 3.59. The number of aromatic nitrogens is 4. The molecular formula is C48H27N7. The highest BCUT2D eigenvalue weighted by atomic mass is 15.0. The van der Waals surface area contributed by atoms with E-state index in [1.54, 1.807) is 0 Å². The fourth-order valence-electron chi connectivity index (χ4n) is 7.00. The predicted octanol–water partition coefficient (Wildman–Crippen LogP) is 12.3. The SMILES string of the molecule is [C-]#[N+]c1ccc(-c2ccc3c(c2)c2cc(-c4ccc(C#N)cc4)ccc2n3-c2ccc(-c3nc(-c4ccccc4)nc(-c4ccccc4)n3)c([N+]#[C-])c2)cc1. The van der Waals surface area contributed by atoms with E-state index in [1.807, 2.05) is 127 Å². The first-order valence-electron chi connectivity index (χ1n) is 17.6. The summed E-state index contributed by atoms with van der Waals surface area (Å²) in [4.78, 5) is 22.2. The first-order valence-corrected chi connectivity index (χ1v) is 17.6. The first-order chi connectivity index (χ1) is 27.1. The van der Waals surface area contributed by atoms with Crippen LogP contribution in [0.25, 0.3) is 93.6 Å². The lowest BCUT2D eigenvalue weighted by Gasteiger charge is -2.13. The molecular weight excluding hydrogens is 675 g/mol. The number of nitriles is 1. The Balaban J connectivity index is 1.22. The molecule has 0 amide bonds. The number of rotatable bonds is 6. The van der Waals surface area contributed by atoms with Gasteiger partial charge in [-0.2, -0.15) is 5.26 Å². The molecule has 0 aliphatic carbocycles. The van der Waals surface area contributed by atoms with Crippen LogP contribution in [0.3, 0.4) is 0 Å². The zero-order chi connectivity index (χ0) is 37.3. The van der Waals surface area contributed by atoms with Gasteiger partial charge in [0.05, 0.1) is 35.8 Å². The molecule has 0 unspecified atom stereocenters. The Morgan fingerprint density at radius 2 is 0.982 bits per heavy atom. The van der Waals surface area contributed by atoms with E-state index in [-0.39, 0.29) is 0 Å². The summed E-state index contributed by atoms with van der Waals surface area (Å²) in [6, 6.07) is 55.7. The molecule has 0 aliphatic rings. The Morgan fingerprint density at radius 3 is 1.49 bits per heavy atom. The lowest BCUT2D eigenvalue weighted by molar-refractivity contribution is 1.07. The monoisotopic (exact) mass is 701 g/mol. The highest BCUT2D eigenvalue weighted by Crippen LogP contribution is 2.40. The van der Waals surface area contributed by atoms with Crippen LogP contribution in [0.4, 0.5) is 11.4 Å². The van der Waals surface area contributed by atoms with Crippen LogP contribution < -0.4 is 0 Å². The van der Waals surface area contributed by atoms with Crippen molar-refractivity contribution in [3.63, 3.8) is 0 Å². The summed E-state index contributed by atoms with van der Waals surface area (Å²) < 4.78 is 2.19. The Kier molecular flexibility index (Phi) is 8.18. The van der Waals surface area contributed by atoms with Gasteiger partial charge in [0.1, 0.15) is 0 Å². The van der Waals surface area contributed by atoms with E-state index in [1.165, 1.54) is 0 Å². The maximum absolute atomic E-state index is 9.36. The van der Waals surface area contributed by atoms with Gasteiger partial charge in [0.2, 0.25) is 0 Å². The fourth-order valence-corrected chi connectivity index (χ4v) is 7.00. The van der Waals surface area contributed by atoms with E-state index in [0.717, 1.165) is 60.9 Å². The Bertz CT molecular complexity index is 2860. The van der Waals surface area contributed by atoms with Gasteiger partial charge in [-0.25, -0.2) is 24.6 Å². The molecule has 9 rings (SSSR count). The largest absolute Gasteiger partial charge is 0.311 e. The first kappa shape index (κ1) is 32.7. The second kappa shape index (κ2) is 13.7. The van der Waals surface area contributed by atoms with E-state index in [0.29, 0.717) is 40.0 Å². The van der Waals surface area contributed by atoms with Gasteiger partial charge < -0.3 is 4.57 Å². The van der Waals surface area contributed by atoms with E-state index in [4.69, 9.17) is 28.1 Å². The third-order valence-corrected chi connectivity index (χ3v) is 9.74. The van der Waals surface area contributed by atoms with Gasteiger partial charge in [0.25, 0.3) is 0 Å². The van der Waals surface area contributed by atoms with Crippen molar-refractivity contribution in [1.29, 1.82) is 5.26 Å². The van der Waals surface area contributed by atoms with Crippen molar-refractivity contribution in [2.24, 2.45) is 0 Å². The van der Waals surface area contributed by atoms with Crippen molar-refractivity contribution in [2.75, 3.05) is 0 Å². The smallest absolute Gasteiger partial charge is 0.200 e. The van der Waals surface area contributed by atoms with Crippen molar-refractivity contribution >= 4 is 33.2 Å². The molecule has 0 saturated carbocycles. The highest BCUT2D eigenvalue weighted by molar-refractivity contribution is 6.11. The van der Waals surface area contributed by atoms with Gasteiger partial charge in [-0.05, 0) is 70.8 Å². The molecule has 7 aromatic carbocycles. The number of nitrogens with zero attached hydrogens (tertiary/aromatic N) is 7. The molecule has 2 heterocycles. The van der Waals surface area contributed by atoms with Crippen LogP contribution in [-0.4, -0.2) is 19.5 Å². The van der Waals surface area contributed by atoms with Crippen molar-refractivity contribution in [3.05, 3.63) is 192 Å². The molecule has 7 heteroatoms. The summed E-state index contributed by atoms with van der Waals surface area (Å²) in [5, 5.41) is 11.5. The summed E-state index contributed by atoms with van der Waals surface area (Å²) >= 11 is 0. The molecule has 0 atom stereocenters. The average molecular weight is 702 g/mol. The normalized spacial score (nSPS) is 10.9. The number of benzene rings is 7. The molecule has 7 nitrogen and oxygen atoms in total. The Morgan fingerprint density at radius 1 is 0.473 bits per heavy atom. The summed E-state index contributed by atoms with van der Waals surface area (Å²) in [6.45, 7) is 15.7. The van der Waals surface area contributed by atoms with Crippen LogP contribution in [-0.2, 0) is 0 Å². The predicted molar refractivity (Wildman–Crippen MR) is 219 cm³/mol. The maximum Gasteiger partial charge on any atom is 0.200 e. The number of hydrogen-bond acceptors (Lipinski definition) is 4. The summed E-state index contributed by atoms with van der Waals surface area (Å²) in [7, 11) is 0. The topological polar surface area (TPSA) is 76.1 Å². The molecule has 254 valence electrons. The van der Waals surface area contributed by atoms with Gasteiger partial charge in [0, 0.05) is 33.2 Å². The molecule has 0 bridgehead atoms. The van der Waals surface area contributed by atoms with Crippen LogP contribution in [0.5, 0.6) is 0 Å². The van der Waals surface area contributed by atoms with Crippen LogP contribution in [0, 0.1) is 24.5 Å². The second-order valence-corrected chi connectivity index (χ2v) is 13.0. The molecule has 0 saturated heterocycles. The molecule has 0 radical (unpaired) electrons. The van der Waals surface area contributed by atoms with Crippen molar-refractivity contribution in [1.82, 2.24) is 19.5 Å². The Labute approximate surface area is 317 Å². The van der Waals surface area contributed by atoms with Crippen molar-refractivity contribution < 1.29 is 0 Å². The van der Waals surface area contributed by atoms with Crippen molar-refractivity contribution in [2.45, 2.75) is 0 Å². The van der Waals surface area contributed by atoms with Gasteiger partial charge in [-0.1, -0.05) is 115 Å². The second-order valence-electron chi connectivity index (χ2n) is 13.0. The van der Waals surface area contributed by atoms with Gasteiger partial charge >= 0.3 is 0 Å². The van der Waals surface area contributed by atoms with Crippen LogP contribution >= 0.6 is 0 Å². The van der Waals surface area contributed by atoms with Gasteiger partial charge in [0.15, 0.2) is 28.8 Å². The molecule has 55 heavy (non-hydrogen) atoms. The van der Waals surface area contributed by atoms with E-state index < -0.39 is 0 Å². The molecule has 9 aromatic rings. The molecule has 0 N–H and O–H groups in total. The minimum absolute atomic E-state index is 0.419. The van der Waals surface area contributed by atoms with E-state index in [2.05, 4.69) is 56.7 Å². The van der Waals surface area contributed by atoms with Crippen LogP contribution in [0.2, 0.25) is 0 Å². The highest BCUT2D eigenvalue weighted by Gasteiger charge is 2.19. The van der Waals surface area contributed by atoms with Gasteiger partial charge in [-0.3, -0.25) is 0 Å². The third-order valence-electron chi connectivity index (χ3n) is 9.74. The summed E-state index contributed by atoms with van der Waals surface area (Å²) in [5.41, 5.74) is 10.8. The zero-order valence-corrected chi connectivity index (χ0v) is 29.2. The Hall–Kier alpha value is -8.18. The third kappa shape index (κ3) is 6.03. The minimum Gasteiger partial charge on any atom is -0.311 e. The van der Waals surface area contributed by atoms with Crippen LogP contribution in [0.15, 0.2) is 164 Å². The summed E-state index contributed by atoms with van der Waals surface area (Å²) in [5.74, 6) is 1.49. The molecule has 2 aromatic heterocycles. The molecule has 0 fully saturated rings. The van der Waals surface area contributed by atoms with E-state index in [9.17, 15) is 5.26 Å². The quantitative estimate of drug-likeness (QED) is 0.162. The van der Waals surface area contributed by atoms with Crippen LogP contribution in [0.1, 0.15) is 5.56 Å². The zero-order valence-electron chi connectivity index (χ0n) is 29.2. The minimum atomic E-state index is 0.419. The lowest BCUT2D eigenvalue weighted by atomic mass is 9.99. The maximum atomic E-state index is 9.36. The summed E-state index contributed by atoms with van der Waals surface area (Å²) in [6.07, 6.45) is 0. The van der Waals surface area contributed by atoms with E-state index >= 15 is 0 Å². The van der Waals surface area contributed by atoms with Gasteiger partial charge in [-0.15, -0.1) is 0 Å².